The number of thiazole rings is 1. The van der Waals surface area contributed by atoms with Gasteiger partial charge in [-0.3, -0.25) is 4.79 Å². The first-order chi connectivity index (χ1) is 11.9. The van der Waals surface area contributed by atoms with Gasteiger partial charge in [0.25, 0.3) is 0 Å². The Morgan fingerprint density at radius 1 is 1.20 bits per heavy atom. The number of alkyl halides is 3. The fraction of sp³-hybridized carbons (Fsp3) is 0.500. The standard InChI is InChI=1S/C16H16F3N3O2S/c17-16(18,19)24-11-3-4-12-13(9-11)25-15(20-12)22-7-5-21(6-8-22)14(23)10-1-2-10/h3-4,9-10H,1-2,5-8H2. The van der Waals surface area contributed by atoms with Crippen molar-refractivity contribution in [3.63, 3.8) is 0 Å². The van der Waals surface area contributed by atoms with Crippen LogP contribution in [-0.4, -0.2) is 48.3 Å². The van der Waals surface area contributed by atoms with Gasteiger partial charge in [0.2, 0.25) is 5.91 Å². The second kappa shape index (κ2) is 6.05. The van der Waals surface area contributed by atoms with Crippen LogP contribution in [0.5, 0.6) is 5.75 Å². The summed E-state index contributed by atoms with van der Waals surface area (Å²) in [6.07, 6.45) is -2.70. The summed E-state index contributed by atoms with van der Waals surface area (Å²) < 4.78 is 41.6. The summed E-state index contributed by atoms with van der Waals surface area (Å²) in [6.45, 7) is 2.69. The van der Waals surface area contributed by atoms with Gasteiger partial charge in [0, 0.05) is 38.2 Å². The number of carbonyl (C=O) groups excluding carboxylic acids is 1. The lowest BCUT2D eigenvalue weighted by Gasteiger charge is -2.34. The highest BCUT2D eigenvalue weighted by Crippen LogP contribution is 2.34. The van der Waals surface area contributed by atoms with Crippen LogP contribution in [0, 0.1) is 5.92 Å². The predicted octanol–water partition coefficient (Wildman–Crippen LogP) is 3.25. The highest BCUT2D eigenvalue weighted by molar-refractivity contribution is 7.22. The molecule has 1 amide bonds. The normalized spacial score (nSPS) is 18.7. The maximum atomic E-state index is 12.3. The molecule has 0 spiro atoms. The van der Waals surface area contributed by atoms with Gasteiger partial charge in [-0.1, -0.05) is 11.3 Å². The summed E-state index contributed by atoms with van der Waals surface area (Å²) in [6, 6.07) is 4.16. The first-order valence-corrected chi connectivity index (χ1v) is 8.91. The van der Waals surface area contributed by atoms with E-state index in [0.29, 0.717) is 36.4 Å². The van der Waals surface area contributed by atoms with Crippen molar-refractivity contribution in [1.82, 2.24) is 9.88 Å². The molecule has 9 heteroatoms. The Labute approximate surface area is 146 Å². The molecule has 0 N–H and O–H groups in total. The Balaban J connectivity index is 1.45. The zero-order valence-electron chi connectivity index (χ0n) is 13.3. The number of nitrogens with zero attached hydrogens (tertiary/aromatic N) is 3. The average Bonchev–Trinajstić information content (AvgIpc) is 3.32. The monoisotopic (exact) mass is 371 g/mol. The third kappa shape index (κ3) is 3.65. The van der Waals surface area contributed by atoms with Crippen molar-refractivity contribution in [1.29, 1.82) is 0 Å². The molecule has 0 unspecified atom stereocenters. The van der Waals surface area contributed by atoms with Crippen LogP contribution in [0.2, 0.25) is 0 Å². The number of anilines is 1. The van der Waals surface area contributed by atoms with Crippen LogP contribution in [0.4, 0.5) is 18.3 Å². The van der Waals surface area contributed by atoms with Gasteiger partial charge >= 0.3 is 6.36 Å². The zero-order chi connectivity index (χ0) is 17.6. The smallest absolute Gasteiger partial charge is 0.406 e. The first kappa shape index (κ1) is 16.4. The van der Waals surface area contributed by atoms with Gasteiger partial charge in [0.15, 0.2) is 5.13 Å². The molecule has 25 heavy (non-hydrogen) atoms. The maximum absolute atomic E-state index is 12.3. The van der Waals surface area contributed by atoms with Crippen molar-refractivity contribution in [3.8, 4) is 5.75 Å². The van der Waals surface area contributed by atoms with Gasteiger partial charge in [-0.15, -0.1) is 13.2 Å². The Morgan fingerprint density at radius 2 is 1.92 bits per heavy atom. The van der Waals surface area contributed by atoms with Gasteiger partial charge in [0.05, 0.1) is 10.2 Å². The number of amides is 1. The molecule has 0 bridgehead atoms. The summed E-state index contributed by atoms with van der Waals surface area (Å²) in [5.74, 6) is 0.231. The molecular formula is C16H16F3N3O2S. The van der Waals surface area contributed by atoms with E-state index in [4.69, 9.17) is 0 Å². The van der Waals surface area contributed by atoms with Crippen LogP contribution >= 0.6 is 11.3 Å². The molecule has 1 aliphatic carbocycles. The van der Waals surface area contributed by atoms with E-state index in [1.54, 1.807) is 0 Å². The topological polar surface area (TPSA) is 45.7 Å². The number of hydrogen-bond donors (Lipinski definition) is 0. The summed E-state index contributed by atoms with van der Waals surface area (Å²) in [5.41, 5.74) is 0.644. The Morgan fingerprint density at radius 3 is 2.56 bits per heavy atom. The molecule has 2 aliphatic rings. The molecule has 5 nitrogen and oxygen atoms in total. The SMILES string of the molecule is O=C(C1CC1)N1CCN(c2nc3ccc(OC(F)(F)F)cc3s2)CC1. The number of aromatic nitrogens is 1. The third-order valence-electron chi connectivity index (χ3n) is 4.37. The minimum atomic E-state index is -4.70. The van der Waals surface area contributed by atoms with Gasteiger partial charge in [-0.25, -0.2) is 4.98 Å². The lowest BCUT2D eigenvalue weighted by Crippen LogP contribution is -2.49. The first-order valence-electron chi connectivity index (χ1n) is 8.09. The van der Waals surface area contributed by atoms with E-state index in [1.807, 2.05) is 4.90 Å². The molecule has 4 rings (SSSR count). The van der Waals surface area contributed by atoms with Crippen LogP contribution in [0.1, 0.15) is 12.8 Å². The van der Waals surface area contributed by atoms with E-state index in [1.165, 1.54) is 29.5 Å². The van der Waals surface area contributed by atoms with Crippen LogP contribution in [-0.2, 0) is 4.79 Å². The van der Waals surface area contributed by atoms with Crippen molar-refractivity contribution >= 4 is 32.6 Å². The molecule has 134 valence electrons. The largest absolute Gasteiger partial charge is 0.573 e. The van der Waals surface area contributed by atoms with Crippen molar-refractivity contribution in [3.05, 3.63) is 18.2 Å². The van der Waals surface area contributed by atoms with Crippen LogP contribution < -0.4 is 9.64 Å². The van der Waals surface area contributed by atoms with E-state index >= 15 is 0 Å². The Kier molecular flexibility index (Phi) is 3.98. The summed E-state index contributed by atoms with van der Waals surface area (Å²) in [5, 5.41) is 0.762. The van der Waals surface area contributed by atoms with E-state index < -0.39 is 6.36 Å². The number of hydrogen-bond acceptors (Lipinski definition) is 5. The number of rotatable bonds is 3. The Bertz CT molecular complexity index is 796. The van der Waals surface area contributed by atoms with Crippen molar-refractivity contribution in [2.24, 2.45) is 5.92 Å². The van der Waals surface area contributed by atoms with Crippen LogP contribution in [0.3, 0.4) is 0 Å². The van der Waals surface area contributed by atoms with Crippen molar-refractivity contribution in [2.45, 2.75) is 19.2 Å². The Hall–Kier alpha value is -2.03. The molecule has 1 aliphatic heterocycles. The van der Waals surface area contributed by atoms with Crippen molar-refractivity contribution < 1.29 is 22.7 Å². The number of ether oxygens (including phenoxy) is 1. The molecule has 2 aromatic rings. The molecule has 0 radical (unpaired) electrons. The van der Waals surface area contributed by atoms with Crippen LogP contribution in [0.25, 0.3) is 10.2 Å². The second-order valence-corrected chi connectivity index (χ2v) is 7.27. The van der Waals surface area contributed by atoms with Crippen LogP contribution in [0.15, 0.2) is 18.2 Å². The minimum Gasteiger partial charge on any atom is -0.406 e. The van der Waals surface area contributed by atoms with E-state index in [0.717, 1.165) is 18.0 Å². The third-order valence-corrected chi connectivity index (χ3v) is 5.45. The maximum Gasteiger partial charge on any atom is 0.573 e. The lowest BCUT2D eigenvalue weighted by atomic mass is 10.3. The average molecular weight is 371 g/mol. The molecular weight excluding hydrogens is 355 g/mol. The van der Waals surface area contributed by atoms with Gasteiger partial charge in [-0.05, 0) is 25.0 Å². The molecule has 2 fully saturated rings. The zero-order valence-corrected chi connectivity index (χ0v) is 14.1. The van der Waals surface area contributed by atoms with Gasteiger partial charge in [0.1, 0.15) is 5.75 Å². The van der Waals surface area contributed by atoms with Crippen molar-refractivity contribution in [2.75, 3.05) is 31.1 Å². The molecule has 1 aromatic heterocycles. The number of piperazine rings is 1. The molecule has 1 saturated heterocycles. The van der Waals surface area contributed by atoms with Gasteiger partial charge < -0.3 is 14.5 Å². The highest BCUT2D eigenvalue weighted by Gasteiger charge is 2.35. The number of carbonyl (C=O) groups is 1. The van der Waals surface area contributed by atoms with E-state index in [9.17, 15) is 18.0 Å². The fourth-order valence-electron chi connectivity index (χ4n) is 2.93. The molecule has 2 heterocycles. The summed E-state index contributed by atoms with van der Waals surface area (Å²) >= 11 is 1.34. The summed E-state index contributed by atoms with van der Waals surface area (Å²) in [7, 11) is 0. The number of benzene rings is 1. The summed E-state index contributed by atoms with van der Waals surface area (Å²) in [4.78, 5) is 20.6. The predicted molar refractivity (Wildman–Crippen MR) is 87.8 cm³/mol. The second-order valence-electron chi connectivity index (χ2n) is 6.26. The number of fused-ring (bicyclic) bond motifs is 1. The molecule has 1 aromatic carbocycles. The number of halogens is 3. The minimum absolute atomic E-state index is 0.223. The van der Waals surface area contributed by atoms with Gasteiger partial charge in [-0.2, -0.15) is 0 Å². The van der Waals surface area contributed by atoms with E-state index in [2.05, 4.69) is 14.6 Å². The van der Waals surface area contributed by atoms with E-state index in [-0.39, 0.29) is 17.6 Å². The fourth-order valence-corrected chi connectivity index (χ4v) is 3.98. The highest BCUT2D eigenvalue weighted by atomic mass is 32.1. The molecule has 1 saturated carbocycles. The molecule has 0 atom stereocenters. The lowest BCUT2D eigenvalue weighted by molar-refractivity contribution is -0.274. The quantitative estimate of drug-likeness (QED) is 0.831.